The molecule has 3 heterocycles. The number of para-hydroxylation sites is 1. The monoisotopic (exact) mass is 369 g/mol. The molecule has 1 aromatic carbocycles. The maximum Gasteiger partial charge on any atom is 0.328 e. The summed E-state index contributed by atoms with van der Waals surface area (Å²) in [6.45, 7) is 4.11. The Morgan fingerprint density at radius 3 is 2.48 bits per heavy atom. The fraction of sp³-hybridized carbons (Fsp3) is 0.421. The number of fused-ring (bicyclic) bond motifs is 3. The van der Waals surface area contributed by atoms with Gasteiger partial charge in [0.05, 0.1) is 0 Å². The summed E-state index contributed by atoms with van der Waals surface area (Å²) < 4.78 is 0. The molecule has 0 spiro atoms. The van der Waals surface area contributed by atoms with Gasteiger partial charge in [-0.3, -0.25) is 19.5 Å². The van der Waals surface area contributed by atoms with Crippen LogP contribution in [-0.4, -0.2) is 70.1 Å². The molecule has 1 N–H and O–H groups in total. The maximum atomic E-state index is 13.1. The minimum absolute atomic E-state index is 0.0693. The highest BCUT2D eigenvalue weighted by molar-refractivity contribution is 6.10. The number of nitrogens with zero attached hydrogens (tertiary/aromatic N) is 5. The highest BCUT2D eigenvalue weighted by Crippen LogP contribution is 2.39. The van der Waals surface area contributed by atoms with Crippen LogP contribution in [-0.2, 0) is 4.79 Å². The fourth-order valence-corrected chi connectivity index (χ4v) is 3.93. The topological polar surface area (TPSA) is 79.7 Å². The molecule has 1 aromatic rings. The van der Waals surface area contributed by atoms with Crippen LogP contribution in [0.15, 0.2) is 46.7 Å². The first-order valence-electron chi connectivity index (χ1n) is 9.06. The molecule has 0 saturated carbocycles. The molecular formula is C19H23N5O3. The Morgan fingerprint density at radius 2 is 1.81 bits per heavy atom. The van der Waals surface area contributed by atoms with Gasteiger partial charge in [0, 0.05) is 37.3 Å². The first-order valence-corrected chi connectivity index (χ1v) is 9.06. The molecule has 3 amide bonds. The molecule has 0 bridgehead atoms. The standard InChI is InChI=1S/C19H23N5O3/c1-12-13(2)24-15-16(20-18(24)23(12)14-8-5-4-6-9-14)21(3)19(27)22(17(15)26)10-7-11-25/h4-6,8-9,15-16,25H,7,10-11H2,1-3H3. The molecule has 1 fully saturated rings. The molecule has 27 heavy (non-hydrogen) atoms. The number of aliphatic imine (C=N–C) groups is 1. The molecule has 0 radical (unpaired) electrons. The summed E-state index contributed by atoms with van der Waals surface area (Å²) in [6.07, 6.45) is -0.194. The number of anilines is 1. The predicted octanol–water partition coefficient (Wildman–Crippen LogP) is 1.40. The van der Waals surface area contributed by atoms with Crippen LogP contribution in [0.4, 0.5) is 10.5 Å². The lowest BCUT2D eigenvalue weighted by molar-refractivity contribution is -0.136. The van der Waals surface area contributed by atoms with Gasteiger partial charge in [-0.1, -0.05) is 18.2 Å². The normalized spacial score (nSPS) is 24.7. The van der Waals surface area contributed by atoms with E-state index in [1.807, 2.05) is 54.0 Å². The largest absolute Gasteiger partial charge is 0.396 e. The summed E-state index contributed by atoms with van der Waals surface area (Å²) in [6, 6.07) is 8.91. The second-order valence-electron chi connectivity index (χ2n) is 6.96. The maximum absolute atomic E-state index is 13.1. The number of hydrogen-bond donors (Lipinski definition) is 1. The van der Waals surface area contributed by atoms with E-state index >= 15 is 0 Å². The van der Waals surface area contributed by atoms with Crippen LogP contribution in [0.1, 0.15) is 20.3 Å². The number of rotatable bonds is 4. The molecule has 1 saturated heterocycles. The Kier molecular flexibility index (Phi) is 4.15. The van der Waals surface area contributed by atoms with E-state index in [0.717, 1.165) is 17.1 Å². The number of urea groups is 1. The SMILES string of the molecule is CC1=C(C)N2C(=NC3C2C(=O)N(CCCO)C(=O)N3C)N1c1ccccc1. The van der Waals surface area contributed by atoms with Crippen molar-refractivity contribution in [1.82, 2.24) is 14.7 Å². The molecule has 8 heteroatoms. The van der Waals surface area contributed by atoms with Crippen molar-refractivity contribution in [2.75, 3.05) is 25.1 Å². The number of carbonyl (C=O) groups is 2. The fourth-order valence-electron chi connectivity index (χ4n) is 3.93. The van der Waals surface area contributed by atoms with Gasteiger partial charge in [-0.05, 0) is 32.4 Å². The van der Waals surface area contributed by atoms with E-state index in [0.29, 0.717) is 12.4 Å². The number of carbonyl (C=O) groups excluding carboxylic acids is 2. The minimum atomic E-state index is -0.579. The van der Waals surface area contributed by atoms with Crippen molar-refractivity contribution in [2.24, 2.45) is 4.99 Å². The van der Waals surface area contributed by atoms with Gasteiger partial charge in [0.1, 0.15) is 0 Å². The summed E-state index contributed by atoms with van der Waals surface area (Å²) in [4.78, 5) is 37.2. The third-order valence-corrected chi connectivity index (χ3v) is 5.45. The van der Waals surface area contributed by atoms with E-state index in [1.54, 1.807) is 7.05 Å². The van der Waals surface area contributed by atoms with E-state index in [2.05, 4.69) is 0 Å². The lowest BCUT2D eigenvalue weighted by Gasteiger charge is -2.40. The van der Waals surface area contributed by atoms with Gasteiger partial charge in [-0.2, -0.15) is 0 Å². The van der Waals surface area contributed by atoms with E-state index in [4.69, 9.17) is 10.1 Å². The van der Waals surface area contributed by atoms with Crippen LogP contribution < -0.4 is 4.90 Å². The van der Waals surface area contributed by atoms with Crippen LogP contribution in [0.25, 0.3) is 0 Å². The number of amides is 3. The summed E-state index contributed by atoms with van der Waals surface area (Å²) in [5.41, 5.74) is 2.92. The van der Waals surface area contributed by atoms with Gasteiger partial charge in [-0.25, -0.2) is 9.79 Å². The Morgan fingerprint density at radius 1 is 1.11 bits per heavy atom. The average Bonchev–Trinajstić information content (AvgIpc) is 3.17. The lowest BCUT2D eigenvalue weighted by atomic mass is 10.1. The third-order valence-electron chi connectivity index (χ3n) is 5.45. The van der Waals surface area contributed by atoms with Gasteiger partial charge < -0.3 is 10.0 Å². The van der Waals surface area contributed by atoms with Gasteiger partial charge in [0.25, 0.3) is 5.91 Å². The highest BCUT2D eigenvalue weighted by Gasteiger charge is 2.55. The van der Waals surface area contributed by atoms with E-state index < -0.39 is 12.2 Å². The zero-order valence-corrected chi connectivity index (χ0v) is 15.7. The summed E-state index contributed by atoms with van der Waals surface area (Å²) in [5, 5.41) is 9.10. The second kappa shape index (κ2) is 6.38. The molecular weight excluding hydrogens is 346 g/mol. The summed E-state index contributed by atoms with van der Waals surface area (Å²) in [5.74, 6) is 0.403. The Balaban J connectivity index is 1.74. The number of imide groups is 1. The molecule has 3 aliphatic heterocycles. The predicted molar refractivity (Wildman–Crippen MR) is 101 cm³/mol. The van der Waals surface area contributed by atoms with Crippen molar-refractivity contribution in [2.45, 2.75) is 32.5 Å². The number of aliphatic hydroxyl groups excluding tert-OH is 1. The van der Waals surface area contributed by atoms with Crippen molar-refractivity contribution in [1.29, 1.82) is 0 Å². The van der Waals surface area contributed by atoms with Gasteiger partial charge in [-0.15, -0.1) is 0 Å². The first kappa shape index (κ1) is 17.5. The molecule has 2 atom stereocenters. The molecule has 0 aromatic heterocycles. The number of likely N-dealkylation sites (N-methyl/N-ethyl adjacent to an activating group) is 1. The van der Waals surface area contributed by atoms with Crippen LogP contribution >= 0.6 is 0 Å². The smallest absolute Gasteiger partial charge is 0.328 e. The average molecular weight is 369 g/mol. The summed E-state index contributed by atoms with van der Waals surface area (Å²) in [7, 11) is 1.67. The second-order valence-corrected chi connectivity index (χ2v) is 6.96. The quantitative estimate of drug-likeness (QED) is 0.868. The third kappa shape index (κ3) is 2.43. The van der Waals surface area contributed by atoms with Crippen LogP contribution in [0.3, 0.4) is 0 Å². The molecule has 8 nitrogen and oxygen atoms in total. The molecule has 4 rings (SSSR count). The van der Waals surface area contributed by atoms with Gasteiger partial charge in [0.15, 0.2) is 12.2 Å². The molecule has 0 aliphatic carbocycles. The lowest BCUT2D eigenvalue weighted by Crippen LogP contribution is -2.64. The number of guanidine groups is 1. The Labute approximate surface area is 158 Å². The van der Waals surface area contributed by atoms with E-state index in [1.165, 1.54) is 9.80 Å². The van der Waals surface area contributed by atoms with E-state index in [9.17, 15) is 9.59 Å². The van der Waals surface area contributed by atoms with Crippen LogP contribution in [0.2, 0.25) is 0 Å². The van der Waals surface area contributed by atoms with Crippen LogP contribution in [0, 0.1) is 0 Å². The highest BCUT2D eigenvalue weighted by atomic mass is 16.3. The minimum Gasteiger partial charge on any atom is -0.396 e. The Bertz CT molecular complexity index is 850. The number of aliphatic hydroxyl groups is 1. The van der Waals surface area contributed by atoms with Crippen molar-refractivity contribution in [3.63, 3.8) is 0 Å². The molecule has 3 aliphatic rings. The molecule has 142 valence electrons. The number of hydrogen-bond acceptors (Lipinski definition) is 6. The van der Waals surface area contributed by atoms with Gasteiger partial charge in [0.2, 0.25) is 5.96 Å². The van der Waals surface area contributed by atoms with Crippen molar-refractivity contribution in [3.05, 3.63) is 41.7 Å². The van der Waals surface area contributed by atoms with Crippen molar-refractivity contribution >= 4 is 23.6 Å². The van der Waals surface area contributed by atoms with Gasteiger partial charge >= 0.3 is 6.03 Å². The Hall–Kier alpha value is -2.87. The molecule has 2 unspecified atom stereocenters. The zero-order chi connectivity index (χ0) is 19.3. The van der Waals surface area contributed by atoms with E-state index in [-0.39, 0.29) is 25.1 Å². The number of allylic oxidation sites excluding steroid dienone is 2. The zero-order valence-electron chi connectivity index (χ0n) is 15.7. The number of benzene rings is 1. The first-order chi connectivity index (χ1) is 13.0. The van der Waals surface area contributed by atoms with Crippen LogP contribution in [0.5, 0.6) is 0 Å². The van der Waals surface area contributed by atoms with Crippen molar-refractivity contribution < 1.29 is 14.7 Å². The van der Waals surface area contributed by atoms with Crippen molar-refractivity contribution in [3.8, 4) is 0 Å². The summed E-state index contributed by atoms with van der Waals surface area (Å²) >= 11 is 0.